The van der Waals surface area contributed by atoms with Gasteiger partial charge in [0, 0.05) is 12.8 Å². The van der Waals surface area contributed by atoms with Gasteiger partial charge in [-0.3, -0.25) is 9.59 Å². The minimum Gasteiger partial charge on any atom is -0.466 e. The molecule has 6 nitrogen and oxygen atoms in total. The van der Waals surface area contributed by atoms with E-state index in [4.69, 9.17) is 4.74 Å². The molecular formula is C64H123NO5. The van der Waals surface area contributed by atoms with Gasteiger partial charge in [0.05, 0.1) is 25.4 Å². The van der Waals surface area contributed by atoms with Crippen molar-refractivity contribution in [3.05, 3.63) is 24.3 Å². The number of hydrogen-bond donors (Lipinski definition) is 3. The van der Waals surface area contributed by atoms with E-state index in [0.29, 0.717) is 19.4 Å². The van der Waals surface area contributed by atoms with Crippen molar-refractivity contribution in [2.24, 2.45) is 0 Å². The lowest BCUT2D eigenvalue weighted by atomic mass is 10.0. The summed E-state index contributed by atoms with van der Waals surface area (Å²) in [4.78, 5) is 24.5. The van der Waals surface area contributed by atoms with Crippen LogP contribution in [-0.2, 0) is 14.3 Å². The monoisotopic (exact) mass is 986 g/mol. The van der Waals surface area contributed by atoms with Crippen LogP contribution in [0.2, 0.25) is 0 Å². The fourth-order valence-corrected chi connectivity index (χ4v) is 9.85. The quantitative estimate of drug-likeness (QED) is 0.0321. The van der Waals surface area contributed by atoms with Crippen LogP contribution in [0.1, 0.15) is 348 Å². The zero-order chi connectivity index (χ0) is 50.7. The summed E-state index contributed by atoms with van der Waals surface area (Å²) in [5.41, 5.74) is 0. The maximum atomic E-state index is 12.5. The Hall–Kier alpha value is -1.66. The van der Waals surface area contributed by atoms with Gasteiger partial charge in [-0.2, -0.15) is 0 Å². The Morgan fingerprint density at radius 3 is 1.06 bits per heavy atom. The molecule has 0 aromatic heterocycles. The van der Waals surface area contributed by atoms with Gasteiger partial charge in [-0.1, -0.05) is 308 Å². The van der Waals surface area contributed by atoms with Crippen LogP contribution in [0.4, 0.5) is 0 Å². The number of hydrogen-bond acceptors (Lipinski definition) is 5. The van der Waals surface area contributed by atoms with Gasteiger partial charge in [-0.25, -0.2) is 0 Å². The molecule has 0 radical (unpaired) electrons. The highest BCUT2D eigenvalue weighted by atomic mass is 16.5. The van der Waals surface area contributed by atoms with Crippen LogP contribution in [0.5, 0.6) is 0 Å². The molecule has 2 unspecified atom stereocenters. The predicted octanol–water partition coefficient (Wildman–Crippen LogP) is 19.8. The molecule has 0 fully saturated rings. The van der Waals surface area contributed by atoms with Crippen molar-refractivity contribution in [2.75, 3.05) is 13.2 Å². The van der Waals surface area contributed by atoms with E-state index in [1.807, 2.05) is 6.08 Å². The number of nitrogens with one attached hydrogen (secondary N) is 1. The zero-order valence-corrected chi connectivity index (χ0v) is 47.3. The molecule has 0 aromatic rings. The van der Waals surface area contributed by atoms with E-state index in [1.54, 1.807) is 6.08 Å². The Labute approximate surface area is 437 Å². The summed E-state index contributed by atoms with van der Waals surface area (Å²) in [7, 11) is 0. The van der Waals surface area contributed by atoms with Gasteiger partial charge < -0.3 is 20.3 Å². The fourth-order valence-electron chi connectivity index (χ4n) is 9.85. The Balaban J connectivity index is 3.41. The molecular weight excluding hydrogens is 863 g/mol. The Kier molecular flexibility index (Phi) is 58.5. The first-order valence-corrected chi connectivity index (χ1v) is 31.6. The van der Waals surface area contributed by atoms with Crippen molar-refractivity contribution in [1.82, 2.24) is 5.32 Å². The first-order chi connectivity index (χ1) is 34.5. The predicted molar refractivity (Wildman–Crippen MR) is 306 cm³/mol. The third kappa shape index (κ3) is 55.7. The van der Waals surface area contributed by atoms with Crippen LogP contribution in [0.25, 0.3) is 0 Å². The molecule has 2 atom stereocenters. The molecule has 6 heteroatoms. The summed E-state index contributed by atoms with van der Waals surface area (Å²) in [5.74, 6) is -0.0615. The van der Waals surface area contributed by atoms with Gasteiger partial charge in [0.1, 0.15) is 0 Å². The number of aliphatic hydroxyl groups is 2. The van der Waals surface area contributed by atoms with Crippen molar-refractivity contribution in [1.29, 1.82) is 0 Å². The largest absolute Gasteiger partial charge is 0.466 e. The maximum absolute atomic E-state index is 12.5. The van der Waals surface area contributed by atoms with E-state index in [2.05, 4.69) is 31.3 Å². The number of ether oxygens (including phenoxy) is 1. The molecule has 0 heterocycles. The molecule has 70 heavy (non-hydrogen) atoms. The molecule has 0 spiro atoms. The molecule has 0 aliphatic heterocycles. The van der Waals surface area contributed by atoms with E-state index < -0.39 is 12.1 Å². The summed E-state index contributed by atoms with van der Waals surface area (Å²) in [6.45, 7) is 4.89. The van der Waals surface area contributed by atoms with Gasteiger partial charge in [0.2, 0.25) is 5.91 Å². The molecule has 1 amide bonds. The highest BCUT2D eigenvalue weighted by Gasteiger charge is 2.18. The smallest absolute Gasteiger partial charge is 0.305 e. The fraction of sp³-hybridized carbons (Fsp3) is 0.906. The number of carbonyl (C=O) groups is 2. The first-order valence-electron chi connectivity index (χ1n) is 31.6. The normalized spacial score (nSPS) is 12.7. The van der Waals surface area contributed by atoms with Gasteiger partial charge in [0.25, 0.3) is 0 Å². The Morgan fingerprint density at radius 1 is 0.386 bits per heavy atom. The summed E-state index contributed by atoms with van der Waals surface area (Å²) in [6, 6.07) is -0.628. The van der Waals surface area contributed by atoms with E-state index in [1.165, 1.54) is 276 Å². The first kappa shape index (κ1) is 68.3. The molecule has 0 aliphatic rings. The second kappa shape index (κ2) is 59.9. The molecule has 0 bridgehead atoms. The number of aliphatic hydroxyl groups excluding tert-OH is 2. The summed E-state index contributed by atoms with van der Waals surface area (Å²) in [5, 5.41) is 23.2. The molecule has 414 valence electrons. The van der Waals surface area contributed by atoms with Crippen molar-refractivity contribution < 1.29 is 24.5 Å². The number of unbranched alkanes of at least 4 members (excludes halogenated alkanes) is 46. The van der Waals surface area contributed by atoms with Gasteiger partial charge in [0.15, 0.2) is 0 Å². The van der Waals surface area contributed by atoms with E-state index >= 15 is 0 Å². The average Bonchev–Trinajstić information content (AvgIpc) is 3.36. The third-order valence-corrected chi connectivity index (χ3v) is 14.7. The lowest BCUT2D eigenvalue weighted by molar-refractivity contribution is -0.143. The molecule has 0 aromatic carbocycles. The van der Waals surface area contributed by atoms with Crippen LogP contribution in [-0.4, -0.2) is 47.4 Å². The van der Waals surface area contributed by atoms with E-state index in [0.717, 1.165) is 44.9 Å². The zero-order valence-electron chi connectivity index (χ0n) is 47.3. The number of allylic oxidation sites excluding steroid dienone is 3. The minimum atomic E-state index is -0.844. The topological polar surface area (TPSA) is 95.9 Å². The SMILES string of the molecule is CCCC/C=C\CCCCCCCC(=O)OCCCCCCCCCCCCCCCCCCCCCCCCCC(=O)NC(CO)C(O)/C=C/CCCCCCCCCCCCCCCCCCC. The molecule has 0 rings (SSSR count). The van der Waals surface area contributed by atoms with Crippen LogP contribution in [0.15, 0.2) is 24.3 Å². The highest BCUT2D eigenvalue weighted by molar-refractivity contribution is 5.76. The maximum Gasteiger partial charge on any atom is 0.305 e. The van der Waals surface area contributed by atoms with Crippen LogP contribution >= 0.6 is 0 Å². The van der Waals surface area contributed by atoms with Gasteiger partial charge in [-0.15, -0.1) is 0 Å². The number of esters is 1. The van der Waals surface area contributed by atoms with Crippen molar-refractivity contribution in [2.45, 2.75) is 360 Å². The second-order valence-electron chi connectivity index (χ2n) is 21.7. The van der Waals surface area contributed by atoms with Gasteiger partial charge in [-0.05, 0) is 51.4 Å². The molecule has 0 saturated carbocycles. The second-order valence-corrected chi connectivity index (χ2v) is 21.7. The van der Waals surface area contributed by atoms with E-state index in [9.17, 15) is 19.8 Å². The standard InChI is InChI=1S/C64H123NO5/c1-3-5-7-9-11-13-15-16-17-18-24-27-30-33-37-40-44-48-52-56-62(67)61(60-66)65-63(68)57-53-49-45-41-38-34-31-28-25-22-20-19-21-23-26-29-32-35-39-43-47-51-55-59-70-64(69)58-54-50-46-42-36-14-12-10-8-6-4-2/h10,12,52,56,61-62,66-67H,3-9,11,13-51,53-55,57-60H2,1-2H3,(H,65,68)/b12-10-,56-52+. The van der Waals surface area contributed by atoms with Crippen LogP contribution in [0.3, 0.4) is 0 Å². The summed E-state index contributed by atoms with van der Waals surface area (Å²) < 4.78 is 5.46. The van der Waals surface area contributed by atoms with Crippen molar-refractivity contribution in [3.8, 4) is 0 Å². The van der Waals surface area contributed by atoms with Gasteiger partial charge >= 0.3 is 5.97 Å². The number of amides is 1. The van der Waals surface area contributed by atoms with E-state index in [-0.39, 0.29) is 18.5 Å². The average molecular weight is 987 g/mol. The minimum absolute atomic E-state index is 0.00312. The molecule has 0 aliphatic carbocycles. The van der Waals surface area contributed by atoms with Crippen molar-refractivity contribution in [3.63, 3.8) is 0 Å². The molecule has 3 N–H and O–H groups in total. The third-order valence-electron chi connectivity index (χ3n) is 14.7. The lowest BCUT2D eigenvalue weighted by Gasteiger charge is -2.20. The number of rotatable bonds is 59. The summed E-state index contributed by atoms with van der Waals surface area (Å²) in [6.07, 6.45) is 73.7. The Morgan fingerprint density at radius 2 is 0.686 bits per heavy atom. The molecule has 0 saturated heterocycles. The summed E-state index contributed by atoms with van der Waals surface area (Å²) >= 11 is 0. The van der Waals surface area contributed by atoms with Crippen LogP contribution in [0, 0.1) is 0 Å². The van der Waals surface area contributed by atoms with Crippen molar-refractivity contribution >= 4 is 11.9 Å². The lowest BCUT2D eigenvalue weighted by Crippen LogP contribution is -2.45. The number of carbonyl (C=O) groups excluding carboxylic acids is 2. The van der Waals surface area contributed by atoms with Crippen LogP contribution < -0.4 is 5.32 Å². The highest BCUT2D eigenvalue weighted by Crippen LogP contribution is 2.18. The Bertz CT molecular complexity index is 1090.